The molecule has 0 N–H and O–H groups in total. The molecular weight excluding hydrogens is 456 g/mol. The number of ether oxygens (including phenoxy) is 1. The van der Waals surface area contributed by atoms with E-state index in [4.69, 9.17) is 4.74 Å². The molecule has 35 heavy (non-hydrogen) atoms. The van der Waals surface area contributed by atoms with Crippen molar-refractivity contribution in [2.45, 2.75) is 6.42 Å². The highest BCUT2D eigenvalue weighted by atomic mass is 32.1. The van der Waals surface area contributed by atoms with E-state index in [-0.39, 0.29) is 18.9 Å². The van der Waals surface area contributed by atoms with Gasteiger partial charge in [0.15, 0.2) is 0 Å². The van der Waals surface area contributed by atoms with Gasteiger partial charge in [0.25, 0.3) is 0 Å². The van der Waals surface area contributed by atoms with Crippen molar-refractivity contribution in [3.8, 4) is 10.6 Å². The van der Waals surface area contributed by atoms with Crippen molar-refractivity contribution in [2.75, 3.05) is 6.61 Å². The molecule has 6 heteroatoms. The molecule has 0 amide bonds. The molecule has 0 aliphatic heterocycles. The molecule has 0 bridgehead atoms. The van der Waals surface area contributed by atoms with Crippen LogP contribution in [0.3, 0.4) is 0 Å². The maximum Gasteiger partial charge on any atom is 0.338 e. The third-order valence-electron chi connectivity index (χ3n) is 6.05. The summed E-state index contributed by atoms with van der Waals surface area (Å²) in [6.07, 6.45) is 0.0811. The molecule has 0 radical (unpaired) electrons. The third kappa shape index (κ3) is 3.78. The minimum absolute atomic E-state index is 0.00726. The van der Waals surface area contributed by atoms with E-state index in [9.17, 15) is 9.59 Å². The monoisotopic (exact) mass is 476 g/mol. The normalized spacial score (nSPS) is 11.3. The fourth-order valence-corrected chi connectivity index (χ4v) is 5.45. The molecule has 4 aromatic carbocycles. The second-order valence-electron chi connectivity index (χ2n) is 8.18. The molecule has 0 unspecified atom stereocenters. The Bertz CT molecular complexity index is 1640. The number of hydrogen-bond donors (Lipinski definition) is 0. The molecule has 6 aromatic rings. The van der Waals surface area contributed by atoms with Crippen molar-refractivity contribution in [1.29, 1.82) is 0 Å². The molecular formula is C29H20N2O3S. The van der Waals surface area contributed by atoms with E-state index in [0.29, 0.717) is 5.56 Å². The largest absolute Gasteiger partial charge is 0.462 e. The van der Waals surface area contributed by atoms with Crippen LogP contribution in [0, 0.1) is 0 Å². The predicted octanol–water partition coefficient (Wildman–Crippen LogP) is 6.96. The maximum atomic E-state index is 13.2. The lowest BCUT2D eigenvalue weighted by molar-refractivity contribution is 0.0491. The fourth-order valence-electron chi connectivity index (χ4n) is 4.45. The number of carbonyl (C=O) groups is 2. The average molecular weight is 477 g/mol. The molecule has 0 atom stereocenters. The zero-order valence-electron chi connectivity index (χ0n) is 18.7. The molecule has 170 valence electrons. The number of benzene rings is 4. The van der Waals surface area contributed by atoms with Crippen LogP contribution in [-0.4, -0.2) is 28.0 Å². The Morgan fingerprint density at radius 3 is 2.14 bits per heavy atom. The van der Waals surface area contributed by atoms with E-state index in [2.05, 4.69) is 4.98 Å². The van der Waals surface area contributed by atoms with Gasteiger partial charge >= 0.3 is 5.97 Å². The Hall–Kier alpha value is -4.29. The number of fused-ring (bicyclic) bond motifs is 4. The lowest BCUT2D eigenvalue weighted by Crippen LogP contribution is -2.15. The van der Waals surface area contributed by atoms with Crippen LogP contribution < -0.4 is 0 Å². The van der Waals surface area contributed by atoms with E-state index in [0.717, 1.165) is 42.6 Å². The first-order valence-corrected chi connectivity index (χ1v) is 12.2. The van der Waals surface area contributed by atoms with Gasteiger partial charge in [-0.05, 0) is 30.3 Å². The molecule has 0 spiro atoms. The van der Waals surface area contributed by atoms with E-state index >= 15 is 0 Å². The van der Waals surface area contributed by atoms with Crippen LogP contribution in [0.5, 0.6) is 0 Å². The van der Waals surface area contributed by atoms with Crippen molar-refractivity contribution in [1.82, 2.24) is 9.55 Å². The molecule has 0 aliphatic carbocycles. The van der Waals surface area contributed by atoms with Gasteiger partial charge in [-0.2, -0.15) is 0 Å². The second-order valence-corrected chi connectivity index (χ2v) is 9.21. The highest BCUT2D eigenvalue weighted by Crippen LogP contribution is 2.32. The van der Waals surface area contributed by atoms with Crippen molar-refractivity contribution in [3.05, 3.63) is 103 Å². The Morgan fingerprint density at radius 1 is 0.771 bits per heavy atom. The Morgan fingerprint density at radius 2 is 1.40 bits per heavy atom. The first-order valence-electron chi connectivity index (χ1n) is 11.3. The lowest BCUT2D eigenvalue weighted by atomic mass is 10.1. The van der Waals surface area contributed by atoms with Crippen LogP contribution in [-0.2, 0) is 4.74 Å². The summed E-state index contributed by atoms with van der Waals surface area (Å²) >= 11 is 1.53. The smallest absolute Gasteiger partial charge is 0.338 e. The summed E-state index contributed by atoms with van der Waals surface area (Å²) in [5, 5.41) is 2.82. The van der Waals surface area contributed by atoms with Gasteiger partial charge in [-0.25, -0.2) is 9.78 Å². The van der Waals surface area contributed by atoms with Crippen molar-refractivity contribution < 1.29 is 14.3 Å². The summed E-state index contributed by atoms with van der Waals surface area (Å²) in [7, 11) is 0. The van der Waals surface area contributed by atoms with Gasteiger partial charge in [-0.3, -0.25) is 9.36 Å². The topological polar surface area (TPSA) is 61.2 Å². The first-order chi connectivity index (χ1) is 17.2. The highest BCUT2D eigenvalue weighted by Gasteiger charge is 2.19. The van der Waals surface area contributed by atoms with E-state index < -0.39 is 5.97 Å². The summed E-state index contributed by atoms with van der Waals surface area (Å²) in [6.45, 7) is -0.00726. The minimum atomic E-state index is -0.463. The van der Waals surface area contributed by atoms with Crippen LogP contribution in [0.2, 0.25) is 0 Å². The Balaban J connectivity index is 1.22. The maximum absolute atomic E-state index is 13.2. The van der Waals surface area contributed by atoms with Gasteiger partial charge in [0.2, 0.25) is 5.91 Å². The van der Waals surface area contributed by atoms with Crippen LogP contribution in [0.25, 0.3) is 42.6 Å². The number of para-hydroxylation sites is 3. The van der Waals surface area contributed by atoms with Gasteiger partial charge in [-0.1, -0.05) is 66.7 Å². The van der Waals surface area contributed by atoms with E-state index in [1.807, 2.05) is 84.9 Å². The number of hydrogen-bond acceptors (Lipinski definition) is 5. The number of rotatable bonds is 5. The number of esters is 1. The molecule has 0 fully saturated rings. The van der Waals surface area contributed by atoms with E-state index in [1.54, 1.807) is 16.7 Å². The summed E-state index contributed by atoms with van der Waals surface area (Å²) < 4.78 is 8.33. The number of thiazole rings is 1. The quantitative estimate of drug-likeness (QED) is 0.252. The van der Waals surface area contributed by atoms with Gasteiger partial charge < -0.3 is 4.74 Å². The summed E-state index contributed by atoms with van der Waals surface area (Å²) in [4.78, 5) is 30.9. The Kier molecular flexibility index (Phi) is 5.35. The molecule has 2 heterocycles. The van der Waals surface area contributed by atoms with Gasteiger partial charge in [0, 0.05) is 16.3 Å². The van der Waals surface area contributed by atoms with Crippen LogP contribution in [0.15, 0.2) is 97.1 Å². The molecule has 0 aliphatic rings. The molecule has 0 saturated heterocycles. The molecule has 0 saturated carbocycles. The fraction of sp³-hybridized carbons (Fsp3) is 0.0690. The van der Waals surface area contributed by atoms with Crippen molar-refractivity contribution in [3.63, 3.8) is 0 Å². The molecule has 5 nitrogen and oxygen atoms in total. The standard InChI is InChI=1S/C29H20N2O3S/c32-27(31-24-14-6-3-9-19(24)20-10-4-7-15-25(20)31)17-18-34-29(33)22-12-2-1-11-21(22)28-30-23-13-5-8-16-26(23)35-28/h1-16H,17-18H2. The van der Waals surface area contributed by atoms with Gasteiger partial charge in [0.05, 0.1) is 33.2 Å². The average Bonchev–Trinajstić information content (AvgIpc) is 3.48. The zero-order valence-corrected chi connectivity index (χ0v) is 19.5. The number of aromatic nitrogens is 2. The lowest BCUT2D eigenvalue weighted by Gasteiger charge is -2.09. The van der Waals surface area contributed by atoms with Crippen LogP contribution in [0.1, 0.15) is 21.6 Å². The first kappa shape index (κ1) is 21.3. The van der Waals surface area contributed by atoms with Crippen LogP contribution >= 0.6 is 11.3 Å². The van der Waals surface area contributed by atoms with Crippen LogP contribution in [0.4, 0.5) is 0 Å². The van der Waals surface area contributed by atoms with E-state index in [1.165, 1.54) is 11.3 Å². The predicted molar refractivity (Wildman–Crippen MR) is 140 cm³/mol. The van der Waals surface area contributed by atoms with Crippen molar-refractivity contribution >= 4 is 55.2 Å². The van der Waals surface area contributed by atoms with Gasteiger partial charge in [0.1, 0.15) is 11.6 Å². The minimum Gasteiger partial charge on any atom is -0.462 e. The summed E-state index contributed by atoms with van der Waals surface area (Å²) in [5.41, 5.74) is 3.77. The zero-order chi connectivity index (χ0) is 23.8. The second kappa shape index (κ2) is 8.81. The Labute approximate surface area is 205 Å². The molecule has 2 aromatic heterocycles. The highest BCUT2D eigenvalue weighted by molar-refractivity contribution is 7.21. The third-order valence-corrected chi connectivity index (χ3v) is 7.12. The van der Waals surface area contributed by atoms with Gasteiger partial charge in [-0.15, -0.1) is 11.3 Å². The molecule has 6 rings (SSSR count). The summed E-state index contributed by atoms with van der Waals surface area (Å²) in [6, 6.07) is 30.8. The number of carbonyl (C=O) groups excluding carboxylic acids is 2. The summed E-state index contributed by atoms with van der Waals surface area (Å²) in [5.74, 6) is -0.579. The number of nitrogens with zero attached hydrogens (tertiary/aromatic N) is 2. The SMILES string of the molecule is O=C(OCCC(=O)n1c2ccccc2c2ccccc21)c1ccccc1-c1nc2ccccc2s1. The van der Waals surface area contributed by atoms with Crippen molar-refractivity contribution in [2.24, 2.45) is 0 Å².